The summed E-state index contributed by atoms with van der Waals surface area (Å²) in [6.07, 6.45) is -1.27. The first-order valence-electron chi connectivity index (χ1n) is 12.2. The van der Waals surface area contributed by atoms with Crippen molar-refractivity contribution in [1.82, 2.24) is 19.5 Å². The van der Waals surface area contributed by atoms with Gasteiger partial charge in [0, 0.05) is 16.6 Å². The molecule has 0 aliphatic heterocycles. The zero-order valence-corrected chi connectivity index (χ0v) is 21.4. The van der Waals surface area contributed by atoms with Crippen LogP contribution in [0.25, 0.3) is 22.6 Å². The van der Waals surface area contributed by atoms with Crippen LogP contribution < -0.4 is 5.32 Å². The molecular formula is C27H25ClF3N5O2. The molecule has 2 heterocycles. The smallest absolute Gasteiger partial charge is 0.416 e. The van der Waals surface area contributed by atoms with E-state index in [1.165, 1.54) is 6.07 Å². The molecule has 1 fully saturated rings. The van der Waals surface area contributed by atoms with Crippen molar-refractivity contribution in [3.8, 4) is 11.4 Å². The molecule has 1 saturated carbocycles. The molecule has 0 spiro atoms. The standard InChI is InChI=1S/C27H25ClF3N5O2/c1-14-5-3-8-17(11-14)25-35-23-21(36(25)13-18-9-10-19(12-20(18)28)27(29,30)31)22(33-24(34-23)26(37)38)32-15(2)16-6-4-7-16/h3,5,8-12,15-16H,4,6-7,13H2,1-2H3,(H,37,38)(H,32,33,34). The Morgan fingerprint density at radius 3 is 2.55 bits per heavy atom. The number of carbonyl (C=O) groups is 1. The van der Waals surface area contributed by atoms with Gasteiger partial charge in [-0.15, -0.1) is 0 Å². The van der Waals surface area contributed by atoms with Crippen molar-refractivity contribution < 1.29 is 23.1 Å². The molecule has 0 radical (unpaired) electrons. The summed E-state index contributed by atoms with van der Waals surface area (Å²) >= 11 is 6.33. The van der Waals surface area contributed by atoms with Crippen LogP contribution in [0.1, 0.15) is 53.5 Å². The first-order chi connectivity index (χ1) is 18.0. The van der Waals surface area contributed by atoms with Gasteiger partial charge >= 0.3 is 12.1 Å². The number of imidazole rings is 1. The summed E-state index contributed by atoms with van der Waals surface area (Å²) < 4.78 is 41.5. The number of carboxylic acid groups (broad SMARTS) is 1. The fourth-order valence-corrected chi connectivity index (χ4v) is 4.93. The lowest BCUT2D eigenvalue weighted by atomic mass is 9.80. The van der Waals surface area contributed by atoms with Gasteiger partial charge in [0.25, 0.3) is 0 Å². The number of anilines is 1. The van der Waals surface area contributed by atoms with Crippen LogP contribution in [0, 0.1) is 12.8 Å². The Kier molecular flexibility index (Phi) is 6.77. The monoisotopic (exact) mass is 543 g/mol. The molecule has 0 amide bonds. The van der Waals surface area contributed by atoms with Crippen molar-refractivity contribution in [2.75, 3.05) is 5.32 Å². The number of carboxylic acids is 1. The number of hydrogen-bond donors (Lipinski definition) is 2. The fourth-order valence-electron chi connectivity index (χ4n) is 4.69. The van der Waals surface area contributed by atoms with Gasteiger partial charge in [-0.25, -0.2) is 19.7 Å². The van der Waals surface area contributed by atoms with E-state index < -0.39 is 23.5 Å². The maximum absolute atomic E-state index is 13.2. The van der Waals surface area contributed by atoms with Gasteiger partial charge in [-0.05, 0) is 56.4 Å². The van der Waals surface area contributed by atoms with Crippen molar-refractivity contribution in [3.05, 3.63) is 70.0 Å². The van der Waals surface area contributed by atoms with Gasteiger partial charge in [0.1, 0.15) is 11.3 Å². The summed E-state index contributed by atoms with van der Waals surface area (Å²) in [6, 6.07) is 10.8. The number of nitrogens with zero attached hydrogens (tertiary/aromatic N) is 4. The van der Waals surface area contributed by atoms with Crippen LogP contribution in [0.4, 0.5) is 19.0 Å². The number of benzene rings is 2. The SMILES string of the molecule is Cc1cccc(-c2nc3nc(C(=O)O)nc(NC(C)C4CCC4)c3n2Cc2ccc(C(F)(F)F)cc2Cl)c1. The predicted molar refractivity (Wildman–Crippen MR) is 138 cm³/mol. The third kappa shape index (κ3) is 5.05. The van der Waals surface area contributed by atoms with Crippen LogP contribution in [0.2, 0.25) is 5.02 Å². The van der Waals surface area contributed by atoms with Gasteiger partial charge in [-0.2, -0.15) is 13.2 Å². The highest BCUT2D eigenvalue weighted by molar-refractivity contribution is 6.31. The minimum atomic E-state index is -4.52. The lowest BCUT2D eigenvalue weighted by Gasteiger charge is -2.32. The number of halogens is 4. The fraction of sp³-hybridized carbons (Fsp3) is 0.333. The lowest BCUT2D eigenvalue weighted by Crippen LogP contribution is -2.31. The second-order valence-corrected chi connectivity index (χ2v) is 10.1. The summed E-state index contributed by atoms with van der Waals surface area (Å²) in [5, 5.41) is 13.0. The molecule has 2 aromatic heterocycles. The van der Waals surface area contributed by atoms with Crippen molar-refractivity contribution in [2.45, 2.75) is 51.9 Å². The number of hydrogen-bond acceptors (Lipinski definition) is 5. The predicted octanol–water partition coefficient (Wildman–Crippen LogP) is 6.82. The first-order valence-corrected chi connectivity index (χ1v) is 12.6. The van der Waals surface area contributed by atoms with E-state index in [0.717, 1.165) is 42.5 Å². The summed E-state index contributed by atoms with van der Waals surface area (Å²) in [6.45, 7) is 4.02. The molecule has 2 N–H and O–H groups in total. The highest BCUT2D eigenvalue weighted by Gasteiger charge is 2.31. The molecule has 1 aliphatic rings. The normalized spacial score (nSPS) is 14.9. The lowest BCUT2D eigenvalue weighted by molar-refractivity contribution is -0.137. The molecule has 11 heteroatoms. The third-order valence-electron chi connectivity index (χ3n) is 7.00. The van der Waals surface area contributed by atoms with Gasteiger partial charge in [0.15, 0.2) is 11.5 Å². The number of fused-ring (bicyclic) bond motifs is 1. The maximum atomic E-state index is 13.2. The molecule has 38 heavy (non-hydrogen) atoms. The Labute approximate surface area is 221 Å². The Morgan fingerprint density at radius 2 is 1.95 bits per heavy atom. The number of aromatic nitrogens is 4. The topological polar surface area (TPSA) is 92.9 Å². The van der Waals surface area contributed by atoms with Crippen LogP contribution in [0.15, 0.2) is 42.5 Å². The molecule has 1 atom stereocenters. The Bertz CT molecular complexity index is 1530. The van der Waals surface area contributed by atoms with E-state index in [9.17, 15) is 23.1 Å². The average molecular weight is 544 g/mol. The van der Waals surface area contributed by atoms with E-state index in [1.807, 2.05) is 38.1 Å². The second-order valence-electron chi connectivity index (χ2n) is 9.69. The largest absolute Gasteiger partial charge is 0.475 e. The van der Waals surface area contributed by atoms with Crippen molar-refractivity contribution in [2.24, 2.45) is 5.92 Å². The van der Waals surface area contributed by atoms with E-state index >= 15 is 0 Å². The van der Waals surface area contributed by atoms with Gasteiger partial charge < -0.3 is 15.0 Å². The quantitative estimate of drug-likeness (QED) is 0.266. The van der Waals surface area contributed by atoms with Crippen LogP contribution in [-0.4, -0.2) is 36.6 Å². The maximum Gasteiger partial charge on any atom is 0.416 e. The van der Waals surface area contributed by atoms with E-state index in [0.29, 0.717) is 28.6 Å². The van der Waals surface area contributed by atoms with Gasteiger partial charge in [-0.3, -0.25) is 0 Å². The summed E-state index contributed by atoms with van der Waals surface area (Å²) in [7, 11) is 0. The molecule has 0 bridgehead atoms. The Hall–Kier alpha value is -3.66. The van der Waals surface area contributed by atoms with Crippen LogP contribution >= 0.6 is 11.6 Å². The molecule has 2 aromatic carbocycles. The minimum absolute atomic E-state index is 0.0175. The molecule has 5 rings (SSSR count). The molecular weight excluding hydrogens is 519 g/mol. The zero-order chi connectivity index (χ0) is 27.2. The summed E-state index contributed by atoms with van der Waals surface area (Å²) in [5.74, 6) is -0.486. The number of alkyl halides is 3. The van der Waals surface area contributed by atoms with E-state index in [2.05, 4.69) is 20.3 Å². The first kappa shape index (κ1) is 26.0. The summed E-state index contributed by atoms with van der Waals surface area (Å²) in [5.41, 5.74) is 1.93. The van der Waals surface area contributed by atoms with Crippen LogP contribution in [0.3, 0.4) is 0 Å². The highest BCUT2D eigenvalue weighted by Crippen LogP contribution is 2.36. The number of aryl methyl sites for hydroxylation is 1. The van der Waals surface area contributed by atoms with E-state index in [-0.39, 0.29) is 23.3 Å². The average Bonchev–Trinajstić information content (AvgIpc) is 3.17. The van der Waals surface area contributed by atoms with Crippen molar-refractivity contribution >= 4 is 34.6 Å². The Balaban J connectivity index is 1.71. The van der Waals surface area contributed by atoms with Gasteiger partial charge in [-0.1, -0.05) is 47.9 Å². The third-order valence-corrected chi connectivity index (χ3v) is 7.35. The highest BCUT2D eigenvalue weighted by atomic mass is 35.5. The van der Waals surface area contributed by atoms with E-state index in [1.54, 1.807) is 4.57 Å². The van der Waals surface area contributed by atoms with E-state index in [4.69, 9.17) is 11.6 Å². The molecule has 4 aromatic rings. The van der Waals surface area contributed by atoms with Gasteiger partial charge in [0.05, 0.1) is 12.1 Å². The number of rotatable bonds is 7. The molecule has 0 saturated heterocycles. The molecule has 1 unspecified atom stereocenters. The summed E-state index contributed by atoms with van der Waals surface area (Å²) in [4.78, 5) is 25.0. The minimum Gasteiger partial charge on any atom is -0.475 e. The van der Waals surface area contributed by atoms with Crippen molar-refractivity contribution in [3.63, 3.8) is 0 Å². The second kappa shape index (κ2) is 9.90. The van der Waals surface area contributed by atoms with Crippen molar-refractivity contribution in [1.29, 1.82) is 0 Å². The zero-order valence-electron chi connectivity index (χ0n) is 20.7. The molecule has 198 valence electrons. The molecule has 7 nitrogen and oxygen atoms in total. The van der Waals surface area contributed by atoms with Gasteiger partial charge in [0.2, 0.25) is 5.82 Å². The van der Waals surface area contributed by atoms with Crippen LogP contribution in [-0.2, 0) is 12.7 Å². The molecule has 1 aliphatic carbocycles. The number of nitrogens with one attached hydrogen (secondary N) is 1. The number of aromatic carboxylic acids is 1. The Morgan fingerprint density at radius 1 is 1.18 bits per heavy atom. The van der Waals surface area contributed by atoms with Crippen LogP contribution in [0.5, 0.6) is 0 Å².